The molecule has 0 unspecified atom stereocenters. The number of ether oxygens (including phenoxy) is 1. The Kier molecular flexibility index (Phi) is 4.85. The van der Waals surface area contributed by atoms with E-state index >= 15 is 0 Å². The molecule has 4 heteroatoms. The van der Waals surface area contributed by atoms with Gasteiger partial charge >= 0.3 is 0 Å². The van der Waals surface area contributed by atoms with Crippen LogP contribution in [-0.4, -0.2) is 13.2 Å². The van der Waals surface area contributed by atoms with Crippen LogP contribution in [0.2, 0.25) is 5.02 Å². The highest BCUT2D eigenvalue weighted by atomic mass is 35.5. The van der Waals surface area contributed by atoms with E-state index in [1.807, 2.05) is 6.92 Å². The highest BCUT2D eigenvalue weighted by molar-refractivity contribution is 6.32. The van der Waals surface area contributed by atoms with Crippen LogP contribution < -0.4 is 10.5 Å². The van der Waals surface area contributed by atoms with Crippen molar-refractivity contribution in [1.29, 1.82) is 0 Å². The van der Waals surface area contributed by atoms with Crippen LogP contribution in [0, 0.1) is 5.82 Å². The van der Waals surface area contributed by atoms with Gasteiger partial charge in [-0.15, -0.1) is 0 Å². The quantitative estimate of drug-likeness (QED) is 0.846. The van der Waals surface area contributed by atoms with Crippen LogP contribution in [0.5, 0.6) is 5.75 Å². The molecule has 0 saturated carbocycles. The topological polar surface area (TPSA) is 35.2 Å². The maximum absolute atomic E-state index is 13.1. The van der Waals surface area contributed by atoms with Gasteiger partial charge in [-0.1, -0.05) is 18.5 Å². The monoisotopic (exact) mass is 231 g/mol. The summed E-state index contributed by atoms with van der Waals surface area (Å²) in [6, 6.07) is 2.68. The van der Waals surface area contributed by atoms with Crippen molar-refractivity contribution in [1.82, 2.24) is 0 Å². The highest BCUT2D eigenvalue weighted by Crippen LogP contribution is 2.30. The number of hydrogen-bond acceptors (Lipinski definition) is 2. The van der Waals surface area contributed by atoms with Gasteiger partial charge in [0.05, 0.1) is 11.6 Å². The second-order valence-corrected chi connectivity index (χ2v) is 3.67. The van der Waals surface area contributed by atoms with E-state index < -0.39 is 0 Å². The predicted octanol–water partition coefficient (Wildman–Crippen LogP) is 2.77. The maximum Gasteiger partial charge on any atom is 0.141 e. The lowest BCUT2D eigenvalue weighted by molar-refractivity contribution is 0.314. The minimum atomic E-state index is -0.354. The summed E-state index contributed by atoms with van der Waals surface area (Å²) in [5, 5.41) is 0.312. The average molecular weight is 232 g/mol. The fourth-order valence-corrected chi connectivity index (χ4v) is 1.60. The number of hydrogen-bond donors (Lipinski definition) is 1. The fourth-order valence-electron chi connectivity index (χ4n) is 1.32. The summed E-state index contributed by atoms with van der Waals surface area (Å²) in [6.07, 6.45) is 1.45. The summed E-state index contributed by atoms with van der Waals surface area (Å²) in [5.74, 6) is 0.206. The van der Waals surface area contributed by atoms with Crippen molar-refractivity contribution in [3.63, 3.8) is 0 Å². The van der Waals surface area contributed by atoms with Gasteiger partial charge in [-0.2, -0.15) is 0 Å². The number of benzene rings is 1. The van der Waals surface area contributed by atoms with E-state index in [-0.39, 0.29) is 5.82 Å². The van der Waals surface area contributed by atoms with Crippen LogP contribution in [0.15, 0.2) is 12.1 Å². The number of halogens is 2. The molecule has 1 rings (SSSR count). The SMILES string of the molecule is CCCOc1c(Cl)cc(F)cc1CCN. The Morgan fingerprint density at radius 3 is 2.80 bits per heavy atom. The third-order valence-corrected chi connectivity index (χ3v) is 2.23. The van der Waals surface area contributed by atoms with Crippen LogP contribution in [0.4, 0.5) is 4.39 Å². The van der Waals surface area contributed by atoms with Crippen LogP contribution in [0.1, 0.15) is 18.9 Å². The lowest BCUT2D eigenvalue weighted by Gasteiger charge is -2.12. The van der Waals surface area contributed by atoms with Crippen molar-refractivity contribution >= 4 is 11.6 Å². The van der Waals surface area contributed by atoms with Crippen molar-refractivity contribution < 1.29 is 9.13 Å². The summed E-state index contributed by atoms with van der Waals surface area (Å²) >= 11 is 5.90. The molecule has 0 aliphatic heterocycles. The first-order valence-corrected chi connectivity index (χ1v) is 5.37. The maximum atomic E-state index is 13.1. The Morgan fingerprint density at radius 2 is 2.20 bits per heavy atom. The lowest BCUT2D eigenvalue weighted by atomic mass is 10.1. The molecule has 0 bridgehead atoms. The average Bonchev–Trinajstić information content (AvgIpc) is 2.17. The zero-order chi connectivity index (χ0) is 11.3. The first-order valence-electron chi connectivity index (χ1n) is 4.99. The summed E-state index contributed by atoms with van der Waals surface area (Å²) in [5.41, 5.74) is 6.17. The van der Waals surface area contributed by atoms with E-state index in [9.17, 15) is 4.39 Å². The van der Waals surface area contributed by atoms with Crippen LogP contribution >= 0.6 is 11.6 Å². The normalized spacial score (nSPS) is 10.4. The Labute approximate surface area is 94.2 Å². The molecule has 1 aromatic carbocycles. The van der Waals surface area contributed by atoms with Gasteiger partial charge in [-0.25, -0.2) is 4.39 Å². The molecule has 0 heterocycles. The van der Waals surface area contributed by atoms with E-state index in [0.717, 1.165) is 12.0 Å². The summed E-state index contributed by atoms with van der Waals surface area (Å²) in [7, 11) is 0. The number of rotatable bonds is 5. The molecule has 2 N–H and O–H groups in total. The molecule has 0 atom stereocenters. The Morgan fingerprint density at radius 1 is 1.47 bits per heavy atom. The van der Waals surface area contributed by atoms with E-state index in [4.69, 9.17) is 22.1 Å². The third kappa shape index (κ3) is 3.36. The zero-order valence-electron chi connectivity index (χ0n) is 8.72. The first-order chi connectivity index (χ1) is 7.19. The van der Waals surface area contributed by atoms with Crippen molar-refractivity contribution in [3.05, 3.63) is 28.5 Å². The molecule has 0 amide bonds. The molecule has 0 saturated heterocycles. The van der Waals surface area contributed by atoms with Gasteiger partial charge in [0.2, 0.25) is 0 Å². The summed E-state index contributed by atoms with van der Waals surface area (Å²) in [4.78, 5) is 0. The third-order valence-electron chi connectivity index (χ3n) is 1.95. The zero-order valence-corrected chi connectivity index (χ0v) is 9.48. The van der Waals surface area contributed by atoms with Crippen LogP contribution in [0.25, 0.3) is 0 Å². The molecule has 0 fully saturated rings. The second-order valence-electron chi connectivity index (χ2n) is 3.26. The summed E-state index contributed by atoms with van der Waals surface area (Å²) < 4.78 is 18.5. The molecular formula is C11H15ClFNO. The lowest BCUT2D eigenvalue weighted by Crippen LogP contribution is -2.06. The second kappa shape index (κ2) is 5.93. The Hall–Kier alpha value is -0.800. The molecule has 2 nitrogen and oxygen atoms in total. The van der Waals surface area contributed by atoms with E-state index in [1.165, 1.54) is 12.1 Å². The van der Waals surface area contributed by atoms with Crippen molar-refractivity contribution in [2.24, 2.45) is 5.73 Å². The fraction of sp³-hybridized carbons (Fsp3) is 0.455. The molecule has 0 spiro atoms. The van der Waals surface area contributed by atoms with Gasteiger partial charge in [0.15, 0.2) is 0 Å². The Bertz CT molecular complexity index is 331. The Balaban J connectivity index is 2.97. The standard InChI is InChI=1S/C11H15ClFNO/c1-2-5-15-11-8(3-4-14)6-9(13)7-10(11)12/h6-7H,2-5,14H2,1H3. The first kappa shape index (κ1) is 12.3. The summed E-state index contributed by atoms with van der Waals surface area (Å²) in [6.45, 7) is 3.02. The van der Waals surface area contributed by atoms with Crippen molar-refractivity contribution in [2.45, 2.75) is 19.8 Å². The van der Waals surface area contributed by atoms with Gasteiger partial charge in [0.1, 0.15) is 11.6 Å². The van der Waals surface area contributed by atoms with Crippen LogP contribution in [-0.2, 0) is 6.42 Å². The van der Waals surface area contributed by atoms with Crippen molar-refractivity contribution in [2.75, 3.05) is 13.2 Å². The van der Waals surface area contributed by atoms with E-state index in [2.05, 4.69) is 0 Å². The number of nitrogens with two attached hydrogens (primary N) is 1. The van der Waals surface area contributed by atoms with Gasteiger partial charge < -0.3 is 10.5 Å². The molecule has 0 aliphatic carbocycles. The van der Waals surface area contributed by atoms with Gasteiger partial charge in [0.25, 0.3) is 0 Å². The highest BCUT2D eigenvalue weighted by Gasteiger charge is 2.10. The smallest absolute Gasteiger partial charge is 0.141 e. The van der Waals surface area contributed by atoms with E-state index in [1.54, 1.807) is 0 Å². The molecule has 0 radical (unpaired) electrons. The molecule has 1 aromatic rings. The molecule has 15 heavy (non-hydrogen) atoms. The van der Waals surface area contributed by atoms with Gasteiger partial charge in [0, 0.05) is 0 Å². The molecule has 84 valence electrons. The predicted molar refractivity (Wildman–Crippen MR) is 60.0 cm³/mol. The minimum absolute atomic E-state index is 0.312. The van der Waals surface area contributed by atoms with Crippen molar-refractivity contribution in [3.8, 4) is 5.75 Å². The molecular weight excluding hydrogens is 217 g/mol. The minimum Gasteiger partial charge on any atom is -0.492 e. The van der Waals surface area contributed by atoms with Gasteiger partial charge in [-0.3, -0.25) is 0 Å². The largest absolute Gasteiger partial charge is 0.492 e. The molecule has 0 aromatic heterocycles. The van der Waals surface area contributed by atoms with E-state index in [0.29, 0.717) is 30.3 Å². The van der Waals surface area contributed by atoms with Crippen LogP contribution in [0.3, 0.4) is 0 Å². The van der Waals surface area contributed by atoms with Gasteiger partial charge in [-0.05, 0) is 37.1 Å². The molecule has 0 aliphatic rings.